The first-order valence-electron chi connectivity index (χ1n) is 4.64. The summed E-state index contributed by atoms with van der Waals surface area (Å²) in [6.45, 7) is 3.40. The molecule has 16 heavy (non-hydrogen) atoms. The molecular formula is C9H13N3O3S. The van der Waals surface area contributed by atoms with Crippen LogP contribution in [-0.2, 0) is 11.3 Å². The maximum Gasteiger partial charge on any atom is 0.347 e. The van der Waals surface area contributed by atoms with Gasteiger partial charge in [-0.3, -0.25) is 4.79 Å². The lowest BCUT2D eigenvalue weighted by atomic mass is 10.3. The molecule has 0 aliphatic carbocycles. The number of rotatable bonds is 4. The lowest BCUT2D eigenvalue weighted by Gasteiger charge is -2.04. The van der Waals surface area contributed by atoms with Crippen molar-refractivity contribution in [1.29, 1.82) is 0 Å². The Morgan fingerprint density at radius 2 is 2.25 bits per heavy atom. The molecule has 1 amide bonds. The van der Waals surface area contributed by atoms with Gasteiger partial charge in [0.1, 0.15) is 9.88 Å². The van der Waals surface area contributed by atoms with Crippen LogP contribution in [0.25, 0.3) is 0 Å². The van der Waals surface area contributed by atoms with Gasteiger partial charge in [-0.05, 0) is 13.8 Å². The Kier molecular flexibility index (Phi) is 3.97. The Hall–Kier alpha value is -1.47. The van der Waals surface area contributed by atoms with Gasteiger partial charge in [0, 0.05) is 0 Å². The van der Waals surface area contributed by atoms with E-state index >= 15 is 0 Å². The third kappa shape index (κ3) is 3.01. The first-order chi connectivity index (χ1) is 7.41. The molecule has 1 heterocycles. The van der Waals surface area contributed by atoms with Crippen LogP contribution < -0.4 is 11.1 Å². The summed E-state index contributed by atoms with van der Waals surface area (Å²) in [6.07, 6.45) is 0. The summed E-state index contributed by atoms with van der Waals surface area (Å²) in [6, 6.07) is -0.583. The van der Waals surface area contributed by atoms with Gasteiger partial charge < -0.3 is 16.2 Å². The molecule has 4 N–H and O–H groups in total. The molecule has 0 aromatic carbocycles. The maximum absolute atomic E-state index is 11.2. The number of carboxylic acids is 1. The van der Waals surface area contributed by atoms with Crippen molar-refractivity contribution in [3.8, 4) is 0 Å². The summed E-state index contributed by atoms with van der Waals surface area (Å²) < 4.78 is 0. The summed E-state index contributed by atoms with van der Waals surface area (Å²) in [4.78, 5) is 26.2. The number of nitrogens with two attached hydrogens (primary N) is 1. The van der Waals surface area contributed by atoms with Gasteiger partial charge in [0.05, 0.1) is 18.3 Å². The van der Waals surface area contributed by atoms with E-state index in [4.69, 9.17) is 10.8 Å². The summed E-state index contributed by atoms with van der Waals surface area (Å²) in [7, 11) is 0. The van der Waals surface area contributed by atoms with Crippen LogP contribution in [0.3, 0.4) is 0 Å². The predicted molar refractivity (Wildman–Crippen MR) is 59.3 cm³/mol. The van der Waals surface area contributed by atoms with Gasteiger partial charge >= 0.3 is 5.97 Å². The fraction of sp³-hybridized carbons (Fsp3) is 0.444. The summed E-state index contributed by atoms with van der Waals surface area (Å²) in [5, 5.41) is 11.9. The van der Waals surface area contributed by atoms with E-state index in [1.165, 1.54) is 0 Å². The molecular weight excluding hydrogens is 230 g/mol. The van der Waals surface area contributed by atoms with Gasteiger partial charge in [-0.25, -0.2) is 9.78 Å². The second kappa shape index (κ2) is 5.04. The Bertz CT molecular complexity index is 414. The normalized spacial score (nSPS) is 12.2. The second-order valence-electron chi connectivity index (χ2n) is 3.33. The molecule has 0 aliphatic rings. The van der Waals surface area contributed by atoms with E-state index in [0.29, 0.717) is 10.7 Å². The van der Waals surface area contributed by atoms with E-state index in [9.17, 15) is 9.59 Å². The number of carbonyl (C=O) groups excluding carboxylic acids is 1. The van der Waals surface area contributed by atoms with E-state index < -0.39 is 12.0 Å². The van der Waals surface area contributed by atoms with Crippen LogP contribution in [0.5, 0.6) is 0 Å². The number of nitrogens with one attached hydrogen (secondary N) is 1. The number of aromatic nitrogens is 1. The van der Waals surface area contributed by atoms with Gasteiger partial charge in [0.25, 0.3) is 0 Å². The van der Waals surface area contributed by atoms with Gasteiger partial charge in [0.2, 0.25) is 5.91 Å². The monoisotopic (exact) mass is 243 g/mol. The maximum atomic E-state index is 11.2. The van der Waals surface area contributed by atoms with Gasteiger partial charge in [-0.15, -0.1) is 11.3 Å². The molecule has 0 saturated heterocycles. The molecule has 0 spiro atoms. The first kappa shape index (κ1) is 12.6. The molecule has 1 rings (SSSR count). The summed E-state index contributed by atoms with van der Waals surface area (Å²) >= 11 is 1.06. The van der Waals surface area contributed by atoms with E-state index in [2.05, 4.69) is 10.3 Å². The predicted octanol–water partition coefficient (Wildman–Crippen LogP) is 0.113. The minimum atomic E-state index is -1.00. The van der Waals surface area contributed by atoms with Crippen LogP contribution in [0.1, 0.15) is 27.3 Å². The molecule has 0 fully saturated rings. The fourth-order valence-electron chi connectivity index (χ4n) is 1.05. The number of thiazole rings is 1. The number of carboxylic acid groups (broad SMARTS) is 1. The number of aryl methyl sites for hydroxylation is 1. The molecule has 0 radical (unpaired) electrons. The molecule has 0 unspecified atom stereocenters. The molecule has 7 heteroatoms. The van der Waals surface area contributed by atoms with Crippen molar-refractivity contribution in [1.82, 2.24) is 10.3 Å². The van der Waals surface area contributed by atoms with Crippen LogP contribution in [-0.4, -0.2) is 28.0 Å². The Morgan fingerprint density at radius 1 is 1.62 bits per heavy atom. The van der Waals surface area contributed by atoms with Crippen LogP contribution in [0.2, 0.25) is 0 Å². The number of hydrogen-bond acceptors (Lipinski definition) is 5. The third-order valence-electron chi connectivity index (χ3n) is 1.86. The Labute approximate surface area is 96.5 Å². The average molecular weight is 243 g/mol. The van der Waals surface area contributed by atoms with Crippen LogP contribution in [0.15, 0.2) is 0 Å². The lowest BCUT2D eigenvalue weighted by Crippen LogP contribution is -2.37. The standard InChI is InChI=1S/C9H13N3O3S/c1-4(10)8(13)11-3-6-12-5(2)7(16-6)9(14)15/h4H,3,10H2,1-2H3,(H,11,13)(H,14,15)/t4-/m0/s1. The Balaban J connectivity index is 2.65. The van der Waals surface area contributed by atoms with Crippen molar-refractivity contribution >= 4 is 23.2 Å². The van der Waals surface area contributed by atoms with Crippen LogP contribution in [0.4, 0.5) is 0 Å². The number of hydrogen-bond donors (Lipinski definition) is 3. The SMILES string of the molecule is Cc1nc(CNC(=O)[C@H](C)N)sc1C(=O)O. The van der Waals surface area contributed by atoms with E-state index in [1.807, 2.05) is 0 Å². The highest BCUT2D eigenvalue weighted by atomic mass is 32.1. The summed E-state index contributed by atoms with van der Waals surface area (Å²) in [5.74, 6) is -1.29. The van der Waals surface area contributed by atoms with E-state index in [1.54, 1.807) is 13.8 Å². The zero-order chi connectivity index (χ0) is 12.3. The van der Waals surface area contributed by atoms with Gasteiger partial charge in [-0.1, -0.05) is 0 Å². The third-order valence-corrected chi connectivity index (χ3v) is 3.01. The number of nitrogens with zero attached hydrogens (tertiary/aromatic N) is 1. The second-order valence-corrected chi connectivity index (χ2v) is 4.42. The smallest absolute Gasteiger partial charge is 0.347 e. The molecule has 1 aromatic rings. The highest BCUT2D eigenvalue weighted by molar-refractivity contribution is 7.13. The van der Waals surface area contributed by atoms with Crippen LogP contribution in [0, 0.1) is 6.92 Å². The van der Waals surface area contributed by atoms with Crippen molar-refractivity contribution in [2.24, 2.45) is 5.73 Å². The van der Waals surface area contributed by atoms with Crippen molar-refractivity contribution in [2.75, 3.05) is 0 Å². The molecule has 1 atom stereocenters. The van der Waals surface area contributed by atoms with Gasteiger partial charge in [-0.2, -0.15) is 0 Å². The molecule has 88 valence electrons. The van der Waals surface area contributed by atoms with Crippen molar-refractivity contribution in [2.45, 2.75) is 26.4 Å². The molecule has 0 aliphatic heterocycles. The number of carbonyl (C=O) groups is 2. The quantitative estimate of drug-likeness (QED) is 0.696. The zero-order valence-electron chi connectivity index (χ0n) is 8.98. The fourth-order valence-corrected chi connectivity index (χ4v) is 1.89. The van der Waals surface area contributed by atoms with Gasteiger partial charge in [0.15, 0.2) is 0 Å². The molecule has 0 bridgehead atoms. The van der Waals surface area contributed by atoms with Crippen LogP contribution >= 0.6 is 11.3 Å². The number of aromatic carboxylic acids is 1. The molecule has 0 saturated carbocycles. The topological polar surface area (TPSA) is 105 Å². The Morgan fingerprint density at radius 3 is 2.69 bits per heavy atom. The molecule has 6 nitrogen and oxygen atoms in total. The first-order valence-corrected chi connectivity index (χ1v) is 5.46. The highest BCUT2D eigenvalue weighted by Crippen LogP contribution is 2.17. The van der Waals surface area contributed by atoms with E-state index in [0.717, 1.165) is 11.3 Å². The average Bonchev–Trinajstić information content (AvgIpc) is 2.56. The van der Waals surface area contributed by atoms with E-state index in [-0.39, 0.29) is 17.3 Å². The minimum absolute atomic E-state index is 0.199. The zero-order valence-corrected chi connectivity index (χ0v) is 9.80. The lowest BCUT2D eigenvalue weighted by molar-refractivity contribution is -0.122. The minimum Gasteiger partial charge on any atom is -0.477 e. The number of amides is 1. The van der Waals surface area contributed by atoms with Crippen molar-refractivity contribution < 1.29 is 14.7 Å². The van der Waals surface area contributed by atoms with Crippen molar-refractivity contribution in [3.05, 3.63) is 15.6 Å². The van der Waals surface area contributed by atoms with Crippen molar-refractivity contribution in [3.63, 3.8) is 0 Å². The highest BCUT2D eigenvalue weighted by Gasteiger charge is 2.14. The summed E-state index contributed by atoms with van der Waals surface area (Å²) in [5.41, 5.74) is 5.82. The largest absolute Gasteiger partial charge is 0.477 e. The molecule has 1 aromatic heterocycles.